The van der Waals surface area contributed by atoms with Gasteiger partial charge in [-0.3, -0.25) is 9.59 Å². The van der Waals surface area contributed by atoms with Gasteiger partial charge in [0.1, 0.15) is 11.5 Å². The van der Waals surface area contributed by atoms with Crippen LogP contribution in [0.15, 0.2) is 28.6 Å². The van der Waals surface area contributed by atoms with Crippen LogP contribution in [0.5, 0.6) is 11.5 Å². The van der Waals surface area contributed by atoms with Gasteiger partial charge in [0.05, 0.1) is 26.6 Å². The molecule has 2 rings (SSSR count). The number of thioether (sulfide) groups is 1. The molecule has 10 heteroatoms. The molecule has 1 aromatic heterocycles. The number of nitrogens with one attached hydrogen (secondary N) is 1. The van der Waals surface area contributed by atoms with Gasteiger partial charge in [0.2, 0.25) is 11.0 Å². The van der Waals surface area contributed by atoms with Gasteiger partial charge in [-0.25, -0.2) is 0 Å². The Hall–Kier alpha value is -2.33. The Morgan fingerprint density at radius 3 is 2.58 bits per heavy atom. The van der Waals surface area contributed by atoms with Crippen LogP contribution in [0.3, 0.4) is 0 Å². The van der Waals surface area contributed by atoms with E-state index in [-0.39, 0.29) is 17.6 Å². The van der Waals surface area contributed by atoms with Crippen molar-refractivity contribution >= 4 is 40.1 Å². The molecule has 8 nitrogen and oxygen atoms in total. The monoisotopic (exact) mass is 397 g/mol. The Labute approximate surface area is 159 Å². The molecule has 0 saturated carbocycles. The third-order valence-electron chi connectivity index (χ3n) is 3.07. The van der Waals surface area contributed by atoms with Gasteiger partial charge >= 0.3 is 5.97 Å². The van der Waals surface area contributed by atoms with Crippen molar-refractivity contribution in [1.82, 2.24) is 10.2 Å². The summed E-state index contributed by atoms with van der Waals surface area (Å²) in [6.07, 6.45) is 0.876. The maximum atomic E-state index is 11.9. The minimum absolute atomic E-state index is 0.155. The Balaban J connectivity index is 1.65. The molecule has 0 bridgehead atoms. The molecule has 26 heavy (non-hydrogen) atoms. The van der Waals surface area contributed by atoms with Gasteiger partial charge in [-0.15, -0.1) is 10.2 Å². The van der Waals surface area contributed by atoms with Crippen LogP contribution in [0, 0.1) is 0 Å². The van der Waals surface area contributed by atoms with Crippen LogP contribution in [-0.4, -0.2) is 48.7 Å². The highest BCUT2D eigenvalue weighted by Crippen LogP contribution is 2.25. The van der Waals surface area contributed by atoms with Crippen LogP contribution in [0.1, 0.15) is 12.8 Å². The number of rotatable bonds is 10. The van der Waals surface area contributed by atoms with Gasteiger partial charge in [0, 0.05) is 6.42 Å². The van der Waals surface area contributed by atoms with Crippen molar-refractivity contribution in [2.75, 3.05) is 31.9 Å². The molecule has 1 aromatic carbocycles. The summed E-state index contributed by atoms with van der Waals surface area (Å²) in [5.74, 6) is 1.14. The lowest BCUT2D eigenvalue weighted by molar-refractivity contribution is -0.137. The number of carbonyl (C=O) groups excluding carboxylic acids is 2. The first-order valence-corrected chi connectivity index (χ1v) is 9.50. The fraction of sp³-hybridized carbons (Fsp3) is 0.375. The summed E-state index contributed by atoms with van der Waals surface area (Å²) in [6.45, 7) is 0.427. The lowest BCUT2D eigenvalue weighted by atomic mass is 10.3. The predicted octanol–water partition coefficient (Wildman–Crippen LogP) is 2.61. The third-order valence-corrected chi connectivity index (χ3v) is 5.02. The van der Waals surface area contributed by atoms with E-state index in [0.29, 0.717) is 28.9 Å². The Morgan fingerprint density at radius 2 is 1.88 bits per heavy atom. The summed E-state index contributed by atoms with van der Waals surface area (Å²) in [5, 5.41) is 10.9. The fourth-order valence-electron chi connectivity index (χ4n) is 1.77. The van der Waals surface area contributed by atoms with Crippen LogP contribution >= 0.6 is 23.1 Å². The van der Waals surface area contributed by atoms with Gasteiger partial charge in [-0.05, 0) is 30.7 Å². The number of benzene rings is 1. The highest BCUT2D eigenvalue weighted by Gasteiger charge is 2.10. The zero-order chi connectivity index (χ0) is 18.8. The normalized spacial score (nSPS) is 10.2. The number of hydrogen-bond donors (Lipinski definition) is 1. The largest absolute Gasteiger partial charge is 0.497 e. The maximum Gasteiger partial charge on any atom is 0.316 e. The van der Waals surface area contributed by atoms with E-state index < -0.39 is 0 Å². The Bertz CT molecular complexity index is 721. The number of carbonyl (C=O) groups is 2. The first-order valence-electron chi connectivity index (χ1n) is 7.70. The van der Waals surface area contributed by atoms with E-state index in [9.17, 15) is 9.59 Å². The predicted molar refractivity (Wildman–Crippen MR) is 99.0 cm³/mol. The quantitative estimate of drug-likeness (QED) is 0.283. The second-order valence-corrected chi connectivity index (χ2v) is 7.11. The first-order chi connectivity index (χ1) is 12.6. The van der Waals surface area contributed by atoms with Crippen molar-refractivity contribution in [3.8, 4) is 11.5 Å². The van der Waals surface area contributed by atoms with Crippen LogP contribution in [-0.2, 0) is 14.3 Å². The molecule has 0 unspecified atom stereocenters. The van der Waals surface area contributed by atoms with Crippen molar-refractivity contribution in [2.24, 2.45) is 0 Å². The molecule has 0 aliphatic carbocycles. The summed E-state index contributed by atoms with van der Waals surface area (Å²) in [7, 11) is 2.93. The molecule has 1 heterocycles. The van der Waals surface area contributed by atoms with E-state index in [1.807, 2.05) is 24.3 Å². The van der Waals surface area contributed by atoms with E-state index in [1.165, 1.54) is 30.2 Å². The molecule has 1 amide bonds. The number of hydrogen-bond acceptors (Lipinski definition) is 9. The second kappa shape index (κ2) is 10.6. The van der Waals surface area contributed by atoms with Gasteiger partial charge in [-0.1, -0.05) is 23.1 Å². The average Bonchev–Trinajstić information content (AvgIpc) is 3.11. The minimum Gasteiger partial charge on any atom is -0.497 e. The van der Waals surface area contributed by atoms with Crippen molar-refractivity contribution in [2.45, 2.75) is 17.2 Å². The van der Waals surface area contributed by atoms with Crippen molar-refractivity contribution in [3.05, 3.63) is 24.3 Å². The van der Waals surface area contributed by atoms with E-state index >= 15 is 0 Å². The van der Waals surface area contributed by atoms with E-state index in [2.05, 4.69) is 20.3 Å². The summed E-state index contributed by atoms with van der Waals surface area (Å²) in [6, 6.07) is 7.25. The second-order valence-electron chi connectivity index (χ2n) is 4.91. The van der Waals surface area contributed by atoms with Gasteiger partial charge < -0.3 is 19.5 Å². The highest BCUT2D eigenvalue weighted by molar-refractivity contribution is 8.01. The summed E-state index contributed by atoms with van der Waals surface area (Å²) in [4.78, 5) is 23.0. The molecule has 0 atom stereocenters. The molecule has 0 saturated heterocycles. The van der Waals surface area contributed by atoms with E-state index in [1.54, 1.807) is 7.11 Å². The van der Waals surface area contributed by atoms with Crippen LogP contribution in [0.2, 0.25) is 0 Å². The summed E-state index contributed by atoms with van der Waals surface area (Å²) in [5.41, 5.74) is 0. The van der Waals surface area contributed by atoms with Crippen molar-refractivity contribution in [1.29, 1.82) is 0 Å². The van der Waals surface area contributed by atoms with Crippen LogP contribution in [0.25, 0.3) is 0 Å². The number of anilines is 1. The minimum atomic E-state index is -0.340. The van der Waals surface area contributed by atoms with E-state index in [0.717, 1.165) is 11.5 Å². The van der Waals surface area contributed by atoms with Gasteiger partial charge in [0.25, 0.3) is 0 Å². The average molecular weight is 397 g/mol. The zero-order valence-corrected chi connectivity index (χ0v) is 16.0. The molecule has 1 N–H and O–H groups in total. The molecule has 140 valence electrons. The number of esters is 1. The molecule has 0 aliphatic heterocycles. The van der Waals surface area contributed by atoms with Crippen molar-refractivity contribution in [3.63, 3.8) is 0 Å². The van der Waals surface area contributed by atoms with E-state index in [4.69, 9.17) is 9.47 Å². The first kappa shape index (κ1) is 20.0. The SMILES string of the molecule is COC(=O)CSc1nnc(NC(=O)CCCOc2ccc(OC)cc2)s1. The Kier molecular flexibility index (Phi) is 8.16. The molecular formula is C16H19N3O5S2. The highest BCUT2D eigenvalue weighted by atomic mass is 32.2. The number of nitrogens with zero attached hydrogens (tertiary/aromatic N) is 2. The van der Waals surface area contributed by atoms with Crippen molar-refractivity contribution < 1.29 is 23.8 Å². The summed E-state index contributed by atoms with van der Waals surface area (Å²) < 4.78 is 15.8. The smallest absolute Gasteiger partial charge is 0.316 e. The van der Waals surface area contributed by atoms with Gasteiger partial charge in [-0.2, -0.15) is 0 Å². The lowest BCUT2D eigenvalue weighted by Crippen LogP contribution is -2.12. The third kappa shape index (κ3) is 6.89. The lowest BCUT2D eigenvalue weighted by Gasteiger charge is -2.06. The molecule has 0 aliphatic rings. The molecule has 0 fully saturated rings. The molecule has 0 radical (unpaired) electrons. The Morgan fingerprint density at radius 1 is 1.15 bits per heavy atom. The molecular weight excluding hydrogens is 378 g/mol. The van der Waals surface area contributed by atoms with Crippen LogP contribution < -0.4 is 14.8 Å². The molecule has 2 aromatic rings. The topological polar surface area (TPSA) is 99.6 Å². The number of aromatic nitrogens is 2. The zero-order valence-electron chi connectivity index (χ0n) is 14.4. The number of amides is 1. The molecule has 0 spiro atoms. The van der Waals surface area contributed by atoms with Gasteiger partial charge in [0.15, 0.2) is 4.34 Å². The van der Waals surface area contributed by atoms with Crippen LogP contribution in [0.4, 0.5) is 5.13 Å². The maximum absolute atomic E-state index is 11.9. The number of methoxy groups -OCH3 is 2. The number of ether oxygens (including phenoxy) is 3. The standard InChI is InChI=1S/C16H19N3O5S2/c1-22-11-5-7-12(8-6-11)24-9-3-4-13(20)17-15-18-19-16(26-15)25-10-14(21)23-2/h5-8H,3-4,9-10H2,1-2H3,(H,17,18,20). The fourth-order valence-corrected chi connectivity index (χ4v) is 3.38. The summed E-state index contributed by atoms with van der Waals surface area (Å²) >= 11 is 2.42.